The Kier molecular flexibility index (Phi) is 4.65. The molecule has 9 heteroatoms. The summed E-state index contributed by atoms with van der Waals surface area (Å²) >= 11 is 0. The minimum atomic E-state index is -3.58. The first-order valence-corrected chi connectivity index (χ1v) is 9.65. The van der Waals surface area contributed by atoms with Crippen LogP contribution < -0.4 is 0 Å². The molecular formula is C15H23FN4O3S. The molecule has 7 nitrogen and oxygen atoms in total. The second-order valence-electron chi connectivity index (χ2n) is 6.67. The summed E-state index contributed by atoms with van der Waals surface area (Å²) in [7, 11) is -3.58. The van der Waals surface area contributed by atoms with Gasteiger partial charge in [-0.2, -0.15) is 9.40 Å². The maximum absolute atomic E-state index is 12.8. The molecule has 0 spiro atoms. The van der Waals surface area contributed by atoms with Gasteiger partial charge in [0.1, 0.15) is 4.90 Å². The zero-order valence-electron chi connectivity index (χ0n) is 14.0. The van der Waals surface area contributed by atoms with Crippen LogP contribution in [0.1, 0.15) is 30.7 Å². The number of hydrogen-bond donors (Lipinski definition) is 1. The average molecular weight is 358 g/mol. The Hall–Kier alpha value is -1.48. The Morgan fingerprint density at radius 3 is 2.46 bits per heavy atom. The highest BCUT2D eigenvalue weighted by Crippen LogP contribution is 2.29. The number of amides is 1. The van der Waals surface area contributed by atoms with E-state index in [1.807, 2.05) is 0 Å². The molecule has 0 bridgehead atoms. The van der Waals surface area contributed by atoms with Gasteiger partial charge in [-0.15, -0.1) is 0 Å². The monoisotopic (exact) mass is 358 g/mol. The van der Waals surface area contributed by atoms with Gasteiger partial charge in [-0.25, -0.2) is 8.42 Å². The van der Waals surface area contributed by atoms with Crippen molar-refractivity contribution in [2.24, 2.45) is 5.92 Å². The van der Waals surface area contributed by atoms with Crippen molar-refractivity contribution in [3.63, 3.8) is 0 Å². The fourth-order valence-electron chi connectivity index (χ4n) is 3.71. The second kappa shape index (κ2) is 6.44. The van der Waals surface area contributed by atoms with Gasteiger partial charge in [0, 0.05) is 38.0 Å². The van der Waals surface area contributed by atoms with Crippen LogP contribution in [0.2, 0.25) is 0 Å². The van der Waals surface area contributed by atoms with Crippen molar-refractivity contribution in [3.05, 3.63) is 11.4 Å². The average Bonchev–Trinajstić information content (AvgIpc) is 3.10. The topological polar surface area (TPSA) is 86.4 Å². The zero-order valence-corrected chi connectivity index (χ0v) is 14.8. The highest BCUT2D eigenvalue weighted by atomic mass is 32.2. The lowest BCUT2D eigenvalue weighted by atomic mass is 10.1. The Bertz CT molecular complexity index is 706. The number of likely N-dealkylation sites (tertiary alicyclic amines) is 1. The van der Waals surface area contributed by atoms with Gasteiger partial charge in [-0.05, 0) is 26.7 Å². The highest BCUT2D eigenvalue weighted by Gasteiger charge is 2.38. The predicted molar refractivity (Wildman–Crippen MR) is 85.6 cm³/mol. The molecule has 3 rings (SSSR count). The molecular weight excluding hydrogens is 335 g/mol. The maximum Gasteiger partial charge on any atom is 0.246 e. The van der Waals surface area contributed by atoms with Crippen LogP contribution in [0, 0.1) is 19.8 Å². The molecule has 0 radical (unpaired) electrons. The normalized spacial score (nSPS) is 24.0. The maximum atomic E-state index is 12.8. The van der Waals surface area contributed by atoms with Crippen LogP contribution >= 0.6 is 0 Å². The van der Waals surface area contributed by atoms with E-state index in [0.717, 1.165) is 0 Å². The molecule has 0 aromatic carbocycles. The third-order valence-corrected chi connectivity index (χ3v) is 7.14. The smallest absolute Gasteiger partial charge is 0.246 e. The summed E-state index contributed by atoms with van der Waals surface area (Å²) < 4.78 is 39.9. The number of nitrogens with one attached hydrogen (secondary N) is 1. The van der Waals surface area contributed by atoms with E-state index in [4.69, 9.17) is 0 Å². The fourth-order valence-corrected chi connectivity index (χ4v) is 5.51. The number of hydrogen-bond acceptors (Lipinski definition) is 4. The third kappa shape index (κ3) is 2.95. The van der Waals surface area contributed by atoms with Crippen molar-refractivity contribution < 1.29 is 17.6 Å². The minimum absolute atomic E-state index is 0.00652. The molecule has 134 valence electrons. The molecule has 0 saturated carbocycles. The van der Waals surface area contributed by atoms with E-state index in [1.165, 1.54) is 4.31 Å². The number of H-pyrrole nitrogens is 1. The van der Waals surface area contributed by atoms with Crippen LogP contribution in [0.4, 0.5) is 4.39 Å². The number of aromatic nitrogens is 2. The number of halogens is 1. The van der Waals surface area contributed by atoms with Crippen LogP contribution in [0.5, 0.6) is 0 Å². The first kappa shape index (κ1) is 17.3. The van der Waals surface area contributed by atoms with Crippen molar-refractivity contribution in [2.45, 2.75) is 44.0 Å². The molecule has 24 heavy (non-hydrogen) atoms. The van der Waals surface area contributed by atoms with Gasteiger partial charge >= 0.3 is 0 Å². The largest absolute Gasteiger partial charge is 0.339 e. The summed E-state index contributed by atoms with van der Waals surface area (Å²) in [5.41, 5.74) is 1.00. The van der Waals surface area contributed by atoms with E-state index in [0.29, 0.717) is 43.9 Å². The van der Waals surface area contributed by atoms with Gasteiger partial charge in [-0.1, -0.05) is 0 Å². The van der Waals surface area contributed by atoms with Crippen LogP contribution in [0.25, 0.3) is 0 Å². The Morgan fingerprint density at radius 1 is 1.29 bits per heavy atom. The van der Waals surface area contributed by atoms with Crippen molar-refractivity contribution in [1.29, 1.82) is 0 Å². The van der Waals surface area contributed by atoms with Gasteiger partial charge in [0.15, 0.2) is 0 Å². The van der Waals surface area contributed by atoms with Crippen LogP contribution in [0.3, 0.4) is 0 Å². The number of aryl methyl sites for hydroxylation is 2. The second-order valence-corrected chi connectivity index (χ2v) is 8.54. The highest BCUT2D eigenvalue weighted by molar-refractivity contribution is 7.89. The molecule has 1 aromatic heterocycles. The number of carbonyl (C=O) groups excluding carboxylic acids is 1. The Labute approximate surface area is 141 Å². The fraction of sp³-hybridized carbons (Fsp3) is 0.733. The number of piperidine rings is 1. The Morgan fingerprint density at radius 2 is 1.96 bits per heavy atom. The number of sulfonamides is 1. The SMILES string of the molecule is Cc1n[nH]c(C)c1S(=O)(=O)N1CCC(N2CC(CF)CC2=O)CC1. The summed E-state index contributed by atoms with van der Waals surface area (Å²) in [6.07, 6.45) is 1.43. The summed E-state index contributed by atoms with van der Waals surface area (Å²) in [5, 5.41) is 6.67. The third-order valence-electron chi connectivity index (χ3n) is 4.98. The van der Waals surface area contributed by atoms with E-state index < -0.39 is 16.7 Å². The van der Waals surface area contributed by atoms with Crippen molar-refractivity contribution in [1.82, 2.24) is 19.4 Å². The van der Waals surface area contributed by atoms with Crippen LogP contribution in [-0.4, -0.2) is 66.1 Å². The molecule has 2 aliphatic rings. The van der Waals surface area contributed by atoms with E-state index in [-0.39, 0.29) is 29.2 Å². The summed E-state index contributed by atoms with van der Waals surface area (Å²) in [5.74, 6) is -0.226. The molecule has 1 aromatic rings. The number of aromatic amines is 1. The van der Waals surface area contributed by atoms with Gasteiger partial charge in [0.2, 0.25) is 15.9 Å². The van der Waals surface area contributed by atoms with Gasteiger partial charge < -0.3 is 4.90 Å². The molecule has 1 atom stereocenters. The summed E-state index contributed by atoms with van der Waals surface area (Å²) in [6.45, 7) is 4.06. The van der Waals surface area contributed by atoms with E-state index in [9.17, 15) is 17.6 Å². The lowest BCUT2D eigenvalue weighted by Crippen LogP contribution is -2.47. The first-order valence-electron chi connectivity index (χ1n) is 8.21. The van der Waals surface area contributed by atoms with Crippen molar-refractivity contribution in [2.75, 3.05) is 26.3 Å². The van der Waals surface area contributed by atoms with Gasteiger partial charge in [0.25, 0.3) is 0 Å². The number of nitrogens with zero attached hydrogens (tertiary/aromatic N) is 3. The predicted octanol–water partition coefficient (Wildman–Crippen LogP) is 0.998. The molecule has 2 saturated heterocycles. The summed E-state index contributed by atoms with van der Waals surface area (Å²) in [6, 6.07) is 0.00652. The molecule has 3 heterocycles. The van der Waals surface area contributed by atoms with Gasteiger partial charge in [0.05, 0.1) is 18.1 Å². The van der Waals surface area contributed by atoms with E-state index in [1.54, 1.807) is 18.7 Å². The molecule has 1 N–H and O–H groups in total. The molecule has 0 aliphatic carbocycles. The zero-order chi connectivity index (χ0) is 17.5. The first-order chi connectivity index (χ1) is 11.3. The van der Waals surface area contributed by atoms with E-state index >= 15 is 0 Å². The van der Waals surface area contributed by atoms with Crippen molar-refractivity contribution in [3.8, 4) is 0 Å². The van der Waals surface area contributed by atoms with Crippen LogP contribution in [0.15, 0.2) is 4.90 Å². The number of alkyl halides is 1. The minimum Gasteiger partial charge on any atom is -0.339 e. The quantitative estimate of drug-likeness (QED) is 0.870. The lowest BCUT2D eigenvalue weighted by molar-refractivity contribution is -0.130. The van der Waals surface area contributed by atoms with Crippen molar-refractivity contribution >= 4 is 15.9 Å². The summed E-state index contributed by atoms with van der Waals surface area (Å²) in [4.78, 5) is 14.0. The molecule has 2 fully saturated rings. The number of carbonyl (C=O) groups is 1. The standard InChI is InChI=1S/C15H23FN4O3S/c1-10-15(11(2)18-17-10)24(22,23)19-5-3-13(4-6-19)20-9-12(8-16)7-14(20)21/h12-13H,3-9H2,1-2H3,(H,17,18). The number of rotatable bonds is 4. The van der Waals surface area contributed by atoms with Gasteiger partial charge in [-0.3, -0.25) is 14.3 Å². The molecule has 1 amide bonds. The molecule has 1 unspecified atom stereocenters. The van der Waals surface area contributed by atoms with E-state index in [2.05, 4.69) is 10.2 Å². The lowest BCUT2D eigenvalue weighted by Gasteiger charge is -2.36. The molecule has 2 aliphatic heterocycles. The van der Waals surface area contributed by atoms with Crippen LogP contribution in [-0.2, 0) is 14.8 Å². The Balaban J connectivity index is 1.68.